The molecule has 0 bridgehead atoms. The molecule has 2 N–H and O–H groups in total. The molecule has 94 valence electrons. The number of carbonyl (C=O) groups is 1. The number of carbonyl (C=O) groups excluding carboxylic acids is 1. The summed E-state index contributed by atoms with van der Waals surface area (Å²) in [6.45, 7) is 3.74. The minimum atomic E-state index is -0.0212. The highest BCUT2D eigenvalue weighted by molar-refractivity contribution is 5.88. The van der Waals surface area contributed by atoms with Crippen LogP contribution in [0.5, 0.6) is 0 Å². The largest absolute Gasteiger partial charge is 0.326 e. The van der Waals surface area contributed by atoms with Gasteiger partial charge in [0.25, 0.3) is 0 Å². The van der Waals surface area contributed by atoms with Crippen LogP contribution in [0.4, 0.5) is 5.69 Å². The zero-order chi connectivity index (χ0) is 11.4. The van der Waals surface area contributed by atoms with Crippen molar-refractivity contribution in [2.45, 2.75) is 25.7 Å². The van der Waals surface area contributed by atoms with Gasteiger partial charge in [0.05, 0.1) is 0 Å². The molecule has 0 unspecified atom stereocenters. The van der Waals surface area contributed by atoms with E-state index in [1.807, 2.05) is 12.1 Å². The Hall–Kier alpha value is -1.06. The van der Waals surface area contributed by atoms with Crippen LogP contribution in [0.15, 0.2) is 24.3 Å². The van der Waals surface area contributed by atoms with Gasteiger partial charge in [0, 0.05) is 19.2 Å². The molecule has 2 rings (SSSR count). The standard InChI is InChI=1S/C13H18N2O.ClH/c1-10(16)15-13-6-4-11(5-7-13)12-3-2-8-14-9-12;/h4-7,12,14H,2-3,8-9H2,1H3,(H,15,16);1H/t12-;/m0./s1. The molecule has 4 heteroatoms. The fraction of sp³-hybridized carbons (Fsp3) is 0.462. The molecule has 0 aliphatic carbocycles. The molecule has 1 amide bonds. The Bertz CT molecular complexity index is 358. The second-order valence-corrected chi connectivity index (χ2v) is 4.35. The van der Waals surface area contributed by atoms with Crippen molar-refractivity contribution in [1.29, 1.82) is 0 Å². The molecule has 1 aromatic rings. The predicted octanol–water partition coefficient (Wildman–Crippen LogP) is 2.53. The lowest BCUT2D eigenvalue weighted by Crippen LogP contribution is -2.28. The van der Waals surface area contributed by atoms with Crippen molar-refractivity contribution in [2.75, 3.05) is 18.4 Å². The average molecular weight is 255 g/mol. The van der Waals surface area contributed by atoms with E-state index in [1.54, 1.807) is 0 Å². The van der Waals surface area contributed by atoms with Gasteiger partial charge < -0.3 is 10.6 Å². The molecule has 1 fully saturated rings. The van der Waals surface area contributed by atoms with E-state index in [-0.39, 0.29) is 18.3 Å². The molecule has 1 aliphatic heterocycles. The number of hydrogen-bond donors (Lipinski definition) is 2. The Morgan fingerprint density at radius 3 is 2.59 bits per heavy atom. The summed E-state index contributed by atoms with van der Waals surface area (Å²) in [6.07, 6.45) is 2.50. The lowest BCUT2D eigenvalue weighted by molar-refractivity contribution is -0.114. The van der Waals surface area contributed by atoms with Gasteiger partial charge in [-0.15, -0.1) is 12.4 Å². The van der Waals surface area contributed by atoms with Crippen LogP contribution < -0.4 is 10.6 Å². The third-order valence-corrected chi connectivity index (χ3v) is 3.00. The van der Waals surface area contributed by atoms with Crippen LogP contribution in [0.25, 0.3) is 0 Å². The molecule has 0 saturated carbocycles. The quantitative estimate of drug-likeness (QED) is 0.852. The van der Waals surface area contributed by atoms with E-state index in [0.29, 0.717) is 5.92 Å². The van der Waals surface area contributed by atoms with Gasteiger partial charge in [-0.3, -0.25) is 4.79 Å². The van der Waals surface area contributed by atoms with Crippen LogP contribution >= 0.6 is 12.4 Å². The minimum absolute atomic E-state index is 0. The number of halogens is 1. The normalized spacial score (nSPS) is 19.2. The summed E-state index contributed by atoms with van der Waals surface area (Å²) in [5.41, 5.74) is 2.24. The van der Waals surface area contributed by atoms with E-state index in [0.717, 1.165) is 18.8 Å². The first-order valence-corrected chi connectivity index (χ1v) is 5.84. The molecule has 0 aromatic heterocycles. The van der Waals surface area contributed by atoms with Gasteiger partial charge in [0.2, 0.25) is 5.91 Å². The first-order chi connectivity index (χ1) is 7.75. The molecule has 1 aromatic carbocycles. The Balaban J connectivity index is 0.00000144. The average Bonchev–Trinajstić information content (AvgIpc) is 2.30. The number of hydrogen-bond acceptors (Lipinski definition) is 2. The second kappa shape index (κ2) is 6.62. The van der Waals surface area contributed by atoms with Crippen molar-refractivity contribution >= 4 is 24.0 Å². The lowest BCUT2D eigenvalue weighted by Gasteiger charge is -2.23. The molecular weight excluding hydrogens is 236 g/mol. The van der Waals surface area contributed by atoms with Crippen LogP contribution in [-0.4, -0.2) is 19.0 Å². The molecule has 0 spiro atoms. The Labute approximate surface area is 108 Å². The maximum atomic E-state index is 10.9. The van der Waals surface area contributed by atoms with Gasteiger partial charge in [-0.25, -0.2) is 0 Å². The molecule has 1 saturated heterocycles. The van der Waals surface area contributed by atoms with Gasteiger partial charge in [-0.05, 0) is 43.0 Å². The SMILES string of the molecule is CC(=O)Nc1ccc([C@H]2CCCNC2)cc1.Cl. The zero-order valence-corrected chi connectivity index (χ0v) is 10.8. The maximum Gasteiger partial charge on any atom is 0.221 e. The highest BCUT2D eigenvalue weighted by Crippen LogP contribution is 2.24. The van der Waals surface area contributed by atoms with Crippen molar-refractivity contribution < 1.29 is 4.79 Å². The molecule has 1 aliphatic rings. The van der Waals surface area contributed by atoms with Crippen LogP contribution in [0.2, 0.25) is 0 Å². The van der Waals surface area contributed by atoms with E-state index >= 15 is 0 Å². The van der Waals surface area contributed by atoms with E-state index in [1.165, 1.54) is 25.3 Å². The van der Waals surface area contributed by atoms with Gasteiger partial charge >= 0.3 is 0 Å². The first kappa shape index (κ1) is 14.0. The summed E-state index contributed by atoms with van der Waals surface area (Å²) in [4.78, 5) is 10.9. The summed E-state index contributed by atoms with van der Waals surface area (Å²) < 4.78 is 0. The third-order valence-electron chi connectivity index (χ3n) is 3.00. The monoisotopic (exact) mass is 254 g/mol. The number of nitrogens with one attached hydrogen (secondary N) is 2. The predicted molar refractivity (Wildman–Crippen MR) is 72.8 cm³/mol. The smallest absolute Gasteiger partial charge is 0.221 e. The summed E-state index contributed by atoms with van der Waals surface area (Å²) >= 11 is 0. The Morgan fingerprint density at radius 1 is 1.35 bits per heavy atom. The third kappa shape index (κ3) is 4.02. The van der Waals surface area contributed by atoms with E-state index < -0.39 is 0 Å². The topological polar surface area (TPSA) is 41.1 Å². The summed E-state index contributed by atoms with van der Waals surface area (Å²) in [5.74, 6) is 0.604. The number of benzene rings is 1. The van der Waals surface area contributed by atoms with Gasteiger partial charge in [0.15, 0.2) is 0 Å². The minimum Gasteiger partial charge on any atom is -0.326 e. The van der Waals surface area contributed by atoms with E-state index in [4.69, 9.17) is 0 Å². The van der Waals surface area contributed by atoms with Crippen molar-refractivity contribution in [3.05, 3.63) is 29.8 Å². The second-order valence-electron chi connectivity index (χ2n) is 4.35. The molecule has 17 heavy (non-hydrogen) atoms. The summed E-state index contributed by atoms with van der Waals surface area (Å²) in [7, 11) is 0. The summed E-state index contributed by atoms with van der Waals surface area (Å²) in [6, 6.07) is 8.18. The van der Waals surface area contributed by atoms with Gasteiger partial charge in [-0.1, -0.05) is 12.1 Å². The lowest BCUT2D eigenvalue weighted by atomic mass is 9.92. The first-order valence-electron chi connectivity index (χ1n) is 5.84. The number of amides is 1. The van der Waals surface area contributed by atoms with E-state index in [9.17, 15) is 4.79 Å². The number of rotatable bonds is 2. The van der Waals surface area contributed by atoms with Crippen LogP contribution in [0.3, 0.4) is 0 Å². The Kier molecular flexibility index (Phi) is 5.45. The highest BCUT2D eigenvalue weighted by atomic mass is 35.5. The molecule has 1 atom stereocenters. The van der Waals surface area contributed by atoms with Crippen molar-refractivity contribution in [1.82, 2.24) is 5.32 Å². The summed E-state index contributed by atoms with van der Waals surface area (Å²) in [5, 5.41) is 6.19. The van der Waals surface area contributed by atoms with Crippen molar-refractivity contribution in [2.24, 2.45) is 0 Å². The maximum absolute atomic E-state index is 10.9. The van der Waals surface area contributed by atoms with Crippen LogP contribution in [0.1, 0.15) is 31.2 Å². The number of anilines is 1. The number of piperidine rings is 1. The zero-order valence-electron chi connectivity index (χ0n) is 10.0. The van der Waals surface area contributed by atoms with Crippen LogP contribution in [-0.2, 0) is 4.79 Å². The Morgan fingerprint density at radius 2 is 2.06 bits per heavy atom. The molecule has 1 heterocycles. The molecule has 0 radical (unpaired) electrons. The van der Waals surface area contributed by atoms with Gasteiger partial charge in [0.1, 0.15) is 0 Å². The van der Waals surface area contributed by atoms with Crippen LogP contribution in [0, 0.1) is 0 Å². The van der Waals surface area contributed by atoms with Crippen molar-refractivity contribution in [3.63, 3.8) is 0 Å². The van der Waals surface area contributed by atoms with Crippen molar-refractivity contribution in [3.8, 4) is 0 Å². The fourth-order valence-electron chi connectivity index (χ4n) is 2.18. The van der Waals surface area contributed by atoms with E-state index in [2.05, 4.69) is 22.8 Å². The van der Waals surface area contributed by atoms with Gasteiger partial charge in [-0.2, -0.15) is 0 Å². The molecule has 3 nitrogen and oxygen atoms in total. The molecular formula is C13H19ClN2O. The fourth-order valence-corrected chi connectivity index (χ4v) is 2.18. The highest BCUT2D eigenvalue weighted by Gasteiger charge is 2.14.